The minimum absolute atomic E-state index is 0.0237. The van der Waals surface area contributed by atoms with Gasteiger partial charge in [-0.05, 0) is 43.3 Å². The highest BCUT2D eigenvalue weighted by molar-refractivity contribution is 8.01. The minimum Gasteiger partial charge on any atom is -0.455 e. The summed E-state index contributed by atoms with van der Waals surface area (Å²) in [6, 6.07) is 14.2. The number of benzene rings is 2. The van der Waals surface area contributed by atoms with Gasteiger partial charge in [-0.1, -0.05) is 23.3 Å². The van der Waals surface area contributed by atoms with E-state index in [0.717, 1.165) is 11.8 Å². The number of esters is 1. The maximum Gasteiger partial charge on any atom is 0.322 e. The molecule has 0 aliphatic rings. The molecule has 1 aromatic heterocycles. The number of amides is 2. The van der Waals surface area contributed by atoms with E-state index in [2.05, 4.69) is 20.8 Å². The monoisotopic (exact) mass is 458 g/mol. The predicted octanol–water partition coefficient (Wildman–Crippen LogP) is 3.12. The number of halogens is 1. The summed E-state index contributed by atoms with van der Waals surface area (Å²) in [5.74, 6) is -1.85. The van der Waals surface area contributed by atoms with Crippen LogP contribution in [0.3, 0.4) is 0 Å². The summed E-state index contributed by atoms with van der Waals surface area (Å²) in [6.07, 6.45) is 0. The number of anilines is 2. The number of thioether (sulfide) groups is 1. The van der Waals surface area contributed by atoms with Crippen LogP contribution in [-0.2, 0) is 19.1 Å². The van der Waals surface area contributed by atoms with Crippen molar-refractivity contribution in [2.24, 2.45) is 0 Å². The predicted molar refractivity (Wildman–Crippen MR) is 116 cm³/mol. The molecule has 0 saturated carbocycles. The van der Waals surface area contributed by atoms with E-state index in [9.17, 15) is 18.8 Å². The number of nitrogens with one attached hydrogen (secondary N) is 2. The van der Waals surface area contributed by atoms with Crippen molar-refractivity contribution < 1.29 is 27.9 Å². The molecule has 166 valence electrons. The fraction of sp³-hybridized carbons (Fsp3) is 0.190. The first-order valence-corrected chi connectivity index (χ1v) is 10.5. The maximum atomic E-state index is 12.9. The fourth-order valence-corrected chi connectivity index (χ4v) is 3.06. The molecule has 0 aliphatic heterocycles. The summed E-state index contributed by atoms with van der Waals surface area (Å²) >= 11 is 1.04. The second kappa shape index (κ2) is 11.0. The third kappa shape index (κ3) is 6.91. The Morgan fingerprint density at radius 1 is 1.03 bits per heavy atom. The highest BCUT2D eigenvalue weighted by Gasteiger charge is 2.19. The van der Waals surface area contributed by atoms with Gasteiger partial charge in [-0.3, -0.25) is 19.7 Å². The molecule has 2 N–H and O–H groups in total. The van der Waals surface area contributed by atoms with Crippen molar-refractivity contribution in [3.8, 4) is 11.5 Å². The summed E-state index contributed by atoms with van der Waals surface area (Å²) < 4.78 is 23.2. The Balaban J connectivity index is 1.38. The molecule has 0 unspecified atom stereocenters. The van der Waals surface area contributed by atoms with Crippen molar-refractivity contribution in [2.75, 3.05) is 23.0 Å². The van der Waals surface area contributed by atoms with E-state index in [0.29, 0.717) is 11.3 Å². The zero-order valence-corrected chi connectivity index (χ0v) is 17.7. The zero-order chi connectivity index (χ0) is 22.9. The Kier molecular flexibility index (Phi) is 7.92. The van der Waals surface area contributed by atoms with Gasteiger partial charge in [0.2, 0.25) is 11.8 Å². The lowest BCUT2D eigenvalue weighted by molar-refractivity contribution is -0.146. The van der Waals surface area contributed by atoms with Crippen molar-refractivity contribution >= 4 is 41.2 Å². The standard InChI is InChI=1S/C21H19FN4O5S/c1-13(32-12-18(28)23-16-9-7-15(22)8-10-16)20(29)30-11-17(27)24-21-26-25-19(31-21)14-5-3-2-4-6-14/h2-10,13H,11-12H2,1H3,(H,23,28)(H,24,26,27)/t13-/m1/s1. The first-order valence-electron chi connectivity index (χ1n) is 9.43. The zero-order valence-electron chi connectivity index (χ0n) is 16.9. The first kappa shape index (κ1) is 22.9. The molecule has 2 amide bonds. The number of carbonyl (C=O) groups excluding carboxylic acids is 3. The van der Waals surface area contributed by atoms with Gasteiger partial charge in [-0.15, -0.1) is 16.9 Å². The summed E-state index contributed by atoms with van der Waals surface area (Å²) in [4.78, 5) is 35.9. The minimum atomic E-state index is -0.685. The molecule has 1 heterocycles. The SMILES string of the molecule is C[C@@H](SCC(=O)Nc1ccc(F)cc1)C(=O)OCC(=O)Nc1nnc(-c2ccccc2)o1. The summed E-state index contributed by atoms with van der Waals surface area (Å²) in [5.41, 5.74) is 1.14. The Morgan fingerprint density at radius 3 is 2.47 bits per heavy atom. The van der Waals surface area contributed by atoms with E-state index in [4.69, 9.17) is 9.15 Å². The number of nitrogens with zero attached hydrogens (tertiary/aromatic N) is 2. The number of carbonyl (C=O) groups is 3. The van der Waals surface area contributed by atoms with Gasteiger partial charge in [-0.25, -0.2) is 4.39 Å². The van der Waals surface area contributed by atoms with Crippen LogP contribution < -0.4 is 10.6 Å². The third-order valence-electron chi connectivity index (χ3n) is 3.96. The van der Waals surface area contributed by atoms with Crippen LogP contribution in [0.2, 0.25) is 0 Å². The van der Waals surface area contributed by atoms with Crippen LogP contribution in [0.4, 0.5) is 16.1 Å². The van der Waals surface area contributed by atoms with Gasteiger partial charge in [0.15, 0.2) is 6.61 Å². The molecular formula is C21H19FN4O5S. The van der Waals surface area contributed by atoms with Crippen LogP contribution in [0.25, 0.3) is 11.5 Å². The topological polar surface area (TPSA) is 123 Å². The van der Waals surface area contributed by atoms with Crippen LogP contribution in [0.5, 0.6) is 0 Å². The lowest BCUT2D eigenvalue weighted by Gasteiger charge is -2.11. The molecule has 0 bridgehead atoms. The molecule has 0 radical (unpaired) electrons. The van der Waals surface area contributed by atoms with Crippen molar-refractivity contribution in [3.63, 3.8) is 0 Å². The molecule has 0 saturated heterocycles. The normalized spacial score (nSPS) is 11.4. The van der Waals surface area contributed by atoms with Gasteiger partial charge < -0.3 is 14.5 Å². The van der Waals surface area contributed by atoms with Gasteiger partial charge in [0, 0.05) is 11.3 Å². The molecule has 0 fully saturated rings. The first-order chi connectivity index (χ1) is 15.4. The van der Waals surface area contributed by atoms with Gasteiger partial charge in [0.1, 0.15) is 11.1 Å². The summed E-state index contributed by atoms with van der Waals surface area (Å²) in [5, 5.41) is 11.8. The Bertz CT molecular complexity index is 1080. The second-order valence-corrected chi connectivity index (χ2v) is 7.77. The van der Waals surface area contributed by atoms with Crippen molar-refractivity contribution in [1.29, 1.82) is 0 Å². The Morgan fingerprint density at radius 2 is 1.75 bits per heavy atom. The average Bonchev–Trinajstić information content (AvgIpc) is 3.26. The highest BCUT2D eigenvalue weighted by atomic mass is 32.2. The van der Waals surface area contributed by atoms with Crippen molar-refractivity contribution in [2.45, 2.75) is 12.2 Å². The molecular weight excluding hydrogens is 439 g/mol. The van der Waals surface area contributed by atoms with Gasteiger partial charge in [0.25, 0.3) is 5.91 Å². The van der Waals surface area contributed by atoms with E-state index >= 15 is 0 Å². The number of rotatable bonds is 9. The lowest BCUT2D eigenvalue weighted by atomic mass is 10.2. The quantitative estimate of drug-likeness (QED) is 0.469. The molecule has 1 atom stereocenters. The molecule has 0 spiro atoms. The van der Waals surface area contributed by atoms with E-state index in [1.165, 1.54) is 24.3 Å². The molecule has 11 heteroatoms. The van der Waals surface area contributed by atoms with Crippen LogP contribution in [0.15, 0.2) is 59.0 Å². The molecule has 2 aromatic carbocycles. The average molecular weight is 458 g/mol. The molecule has 9 nitrogen and oxygen atoms in total. The summed E-state index contributed by atoms with van der Waals surface area (Å²) in [6.45, 7) is 1.01. The number of aromatic nitrogens is 2. The van der Waals surface area contributed by atoms with Crippen LogP contribution >= 0.6 is 11.8 Å². The number of hydrogen-bond donors (Lipinski definition) is 2. The molecule has 3 aromatic rings. The second-order valence-electron chi connectivity index (χ2n) is 6.44. The highest BCUT2D eigenvalue weighted by Crippen LogP contribution is 2.19. The number of ether oxygens (including phenoxy) is 1. The van der Waals surface area contributed by atoms with E-state index in [1.807, 2.05) is 18.2 Å². The third-order valence-corrected chi connectivity index (χ3v) is 5.08. The number of hydrogen-bond acceptors (Lipinski definition) is 8. The smallest absolute Gasteiger partial charge is 0.322 e. The molecule has 3 rings (SSSR count). The van der Waals surface area contributed by atoms with Gasteiger partial charge >= 0.3 is 12.0 Å². The van der Waals surface area contributed by atoms with E-state index < -0.39 is 29.6 Å². The van der Waals surface area contributed by atoms with Crippen molar-refractivity contribution in [1.82, 2.24) is 10.2 Å². The summed E-state index contributed by atoms with van der Waals surface area (Å²) in [7, 11) is 0. The molecule has 0 aliphatic carbocycles. The van der Waals surface area contributed by atoms with Crippen LogP contribution in [-0.4, -0.2) is 45.6 Å². The Labute approximate surface area is 186 Å². The maximum absolute atomic E-state index is 12.9. The lowest BCUT2D eigenvalue weighted by Crippen LogP contribution is -2.26. The van der Waals surface area contributed by atoms with Crippen LogP contribution in [0, 0.1) is 5.82 Å². The van der Waals surface area contributed by atoms with Crippen LogP contribution in [0.1, 0.15) is 6.92 Å². The largest absolute Gasteiger partial charge is 0.455 e. The van der Waals surface area contributed by atoms with Gasteiger partial charge in [0.05, 0.1) is 5.75 Å². The van der Waals surface area contributed by atoms with Gasteiger partial charge in [-0.2, -0.15) is 0 Å². The van der Waals surface area contributed by atoms with E-state index in [-0.39, 0.29) is 23.6 Å². The molecule has 32 heavy (non-hydrogen) atoms. The van der Waals surface area contributed by atoms with Crippen molar-refractivity contribution in [3.05, 3.63) is 60.4 Å². The fourth-order valence-electron chi connectivity index (χ4n) is 2.38. The Hall–Kier alpha value is -3.73. The van der Waals surface area contributed by atoms with E-state index in [1.54, 1.807) is 19.1 Å².